The lowest BCUT2D eigenvalue weighted by Crippen LogP contribution is -2.45. The summed E-state index contributed by atoms with van der Waals surface area (Å²) in [6, 6.07) is 9.80. The zero-order chi connectivity index (χ0) is 15.7. The molecule has 1 aliphatic heterocycles. The van der Waals surface area contributed by atoms with E-state index >= 15 is 0 Å². The lowest BCUT2D eigenvalue weighted by molar-refractivity contribution is -0.389. The third-order valence-electron chi connectivity index (χ3n) is 3.78. The van der Waals surface area contributed by atoms with Crippen LogP contribution in [-0.4, -0.2) is 27.0 Å². The Labute approximate surface area is 126 Å². The fourth-order valence-electron chi connectivity index (χ4n) is 2.67. The van der Waals surface area contributed by atoms with Crippen molar-refractivity contribution in [2.24, 2.45) is 0 Å². The van der Waals surface area contributed by atoms with Crippen LogP contribution in [-0.2, 0) is 17.8 Å². The molecule has 112 valence electrons. The van der Waals surface area contributed by atoms with E-state index in [4.69, 9.17) is 0 Å². The van der Waals surface area contributed by atoms with Crippen molar-refractivity contribution in [1.29, 1.82) is 0 Å². The number of rotatable bonds is 3. The first-order valence-electron chi connectivity index (χ1n) is 6.73. The van der Waals surface area contributed by atoms with E-state index in [2.05, 4.69) is 4.98 Å². The molecular weight excluding hydrogens is 286 g/mol. The normalized spacial score (nSPS) is 16.9. The zero-order valence-electron chi connectivity index (χ0n) is 11.5. The summed E-state index contributed by atoms with van der Waals surface area (Å²) in [7, 11) is 0. The molecule has 0 aliphatic carbocycles. The molecule has 2 heterocycles. The molecule has 1 atom stereocenters. The fourth-order valence-corrected chi connectivity index (χ4v) is 2.67. The van der Waals surface area contributed by atoms with E-state index < -0.39 is 16.9 Å². The number of anilines is 1. The van der Waals surface area contributed by atoms with Gasteiger partial charge in [0.1, 0.15) is 6.04 Å². The maximum atomic E-state index is 11.6. The van der Waals surface area contributed by atoms with Crippen molar-refractivity contribution in [1.82, 2.24) is 4.98 Å². The smallest absolute Gasteiger partial charge is 0.363 e. The van der Waals surface area contributed by atoms with Crippen molar-refractivity contribution < 1.29 is 14.8 Å². The molecule has 0 spiro atoms. The van der Waals surface area contributed by atoms with Crippen LogP contribution in [0.2, 0.25) is 0 Å². The van der Waals surface area contributed by atoms with Crippen LogP contribution in [0.4, 0.5) is 11.5 Å². The largest absolute Gasteiger partial charge is 0.480 e. The molecule has 0 fully saturated rings. The Kier molecular flexibility index (Phi) is 3.46. The fraction of sp³-hybridized carbons (Fsp3) is 0.200. The van der Waals surface area contributed by atoms with Gasteiger partial charge in [-0.05, 0) is 27.1 Å². The minimum atomic E-state index is -0.923. The Morgan fingerprint density at radius 3 is 2.59 bits per heavy atom. The van der Waals surface area contributed by atoms with Crippen LogP contribution < -0.4 is 4.90 Å². The number of pyridine rings is 1. The van der Waals surface area contributed by atoms with Gasteiger partial charge in [0.25, 0.3) is 0 Å². The number of carbonyl (C=O) groups is 1. The second-order valence-electron chi connectivity index (χ2n) is 5.09. The van der Waals surface area contributed by atoms with Gasteiger partial charge in [-0.25, -0.2) is 4.79 Å². The molecule has 1 aliphatic rings. The summed E-state index contributed by atoms with van der Waals surface area (Å²) < 4.78 is 0. The summed E-state index contributed by atoms with van der Waals surface area (Å²) in [6.45, 7) is 0.437. The summed E-state index contributed by atoms with van der Waals surface area (Å²) in [5.74, 6) is -1.18. The topological polar surface area (TPSA) is 96.6 Å². The predicted molar refractivity (Wildman–Crippen MR) is 78.6 cm³/mol. The predicted octanol–water partition coefficient (Wildman–Crippen LogP) is 2.01. The Balaban J connectivity index is 1.97. The van der Waals surface area contributed by atoms with E-state index in [9.17, 15) is 20.0 Å². The molecule has 0 bridgehead atoms. The molecule has 1 N–H and O–H groups in total. The summed E-state index contributed by atoms with van der Waals surface area (Å²) in [5.41, 5.74) is 2.63. The van der Waals surface area contributed by atoms with Gasteiger partial charge in [-0.1, -0.05) is 24.3 Å². The lowest BCUT2D eigenvalue weighted by Gasteiger charge is -2.35. The highest BCUT2D eigenvalue weighted by molar-refractivity contribution is 5.79. The molecule has 0 saturated carbocycles. The van der Waals surface area contributed by atoms with Gasteiger partial charge in [0.05, 0.1) is 5.69 Å². The Hall–Kier alpha value is -2.96. The molecule has 1 aromatic heterocycles. The number of fused-ring (bicyclic) bond motifs is 1. The molecule has 1 aromatic carbocycles. The van der Waals surface area contributed by atoms with Crippen molar-refractivity contribution in [2.75, 3.05) is 4.90 Å². The Bertz CT molecular complexity index is 730. The van der Waals surface area contributed by atoms with Crippen molar-refractivity contribution in [3.63, 3.8) is 0 Å². The maximum absolute atomic E-state index is 11.6. The third kappa shape index (κ3) is 2.48. The first kappa shape index (κ1) is 14.0. The summed E-state index contributed by atoms with van der Waals surface area (Å²) in [4.78, 5) is 27.1. The van der Waals surface area contributed by atoms with E-state index in [1.807, 2.05) is 24.3 Å². The maximum Gasteiger partial charge on any atom is 0.363 e. The van der Waals surface area contributed by atoms with Gasteiger partial charge in [0.2, 0.25) is 0 Å². The first-order valence-corrected chi connectivity index (χ1v) is 6.73. The number of benzene rings is 1. The van der Waals surface area contributed by atoms with Crippen LogP contribution in [0.1, 0.15) is 11.1 Å². The Morgan fingerprint density at radius 1 is 1.27 bits per heavy atom. The third-order valence-corrected chi connectivity index (χ3v) is 3.78. The number of hydrogen-bond donors (Lipinski definition) is 1. The summed E-state index contributed by atoms with van der Waals surface area (Å²) in [5, 5.41) is 20.1. The second-order valence-corrected chi connectivity index (χ2v) is 5.09. The molecule has 2 aromatic rings. The van der Waals surface area contributed by atoms with Gasteiger partial charge < -0.3 is 20.1 Å². The van der Waals surface area contributed by atoms with Crippen molar-refractivity contribution in [2.45, 2.75) is 19.0 Å². The van der Waals surface area contributed by atoms with Crippen LogP contribution in [0.15, 0.2) is 42.6 Å². The van der Waals surface area contributed by atoms with Gasteiger partial charge in [-0.2, -0.15) is 0 Å². The molecule has 0 amide bonds. The van der Waals surface area contributed by atoms with Crippen molar-refractivity contribution in [3.05, 3.63) is 63.8 Å². The van der Waals surface area contributed by atoms with Crippen LogP contribution in [0, 0.1) is 10.1 Å². The minimum absolute atomic E-state index is 0.256. The number of nitrogens with zero attached hydrogens (tertiary/aromatic N) is 3. The summed E-state index contributed by atoms with van der Waals surface area (Å²) >= 11 is 0. The van der Waals surface area contributed by atoms with Gasteiger partial charge in [-0.3, -0.25) is 0 Å². The first-order chi connectivity index (χ1) is 10.6. The quantitative estimate of drug-likeness (QED) is 0.688. The number of hydrogen-bond acceptors (Lipinski definition) is 5. The average Bonchev–Trinajstić information content (AvgIpc) is 2.53. The zero-order valence-corrected chi connectivity index (χ0v) is 11.5. The molecule has 0 saturated heterocycles. The monoisotopic (exact) mass is 299 g/mol. The highest BCUT2D eigenvalue weighted by Crippen LogP contribution is 2.29. The number of carboxylic acids is 1. The van der Waals surface area contributed by atoms with E-state index in [1.165, 1.54) is 18.3 Å². The SMILES string of the molecule is O=C(O)C1Cc2ccccc2CN1c1ccc([N+](=O)[O-])nc1. The number of nitro groups is 1. The molecule has 7 nitrogen and oxygen atoms in total. The Morgan fingerprint density at radius 2 is 2.00 bits per heavy atom. The molecule has 22 heavy (non-hydrogen) atoms. The highest BCUT2D eigenvalue weighted by Gasteiger charge is 2.32. The molecule has 1 unspecified atom stereocenters. The van der Waals surface area contributed by atoms with Crippen LogP contribution in [0.25, 0.3) is 0 Å². The molecule has 7 heteroatoms. The molecule has 3 rings (SSSR count). The standard InChI is InChI=1S/C15H13N3O4/c19-15(20)13-7-10-3-1-2-4-11(10)9-17(13)12-5-6-14(16-8-12)18(21)22/h1-6,8,13H,7,9H2,(H,19,20). The van der Waals surface area contributed by atoms with Gasteiger partial charge >= 0.3 is 11.8 Å². The van der Waals surface area contributed by atoms with Gasteiger partial charge in [0.15, 0.2) is 6.20 Å². The van der Waals surface area contributed by atoms with Crippen LogP contribution in [0.3, 0.4) is 0 Å². The second kappa shape index (κ2) is 5.44. The minimum Gasteiger partial charge on any atom is -0.480 e. The molecule has 0 radical (unpaired) electrons. The highest BCUT2D eigenvalue weighted by atomic mass is 16.6. The summed E-state index contributed by atoms with van der Waals surface area (Å²) in [6.07, 6.45) is 1.74. The number of aromatic nitrogens is 1. The van der Waals surface area contributed by atoms with Gasteiger partial charge in [-0.15, -0.1) is 0 Å². The van der Waals surface area contributed by atoms with E-state index in [0.717, 1.165) is 11.1 Å². The van der Waals surface area contributed by atoms with E-state index in [0.29, 0.717) is 18.7 Å². The van der Waals surface area contributed by atoms with Gasteiger partial charge in [0, 0.05) is 19.0 Å². The number of aliphatic carboxylic acids is 1. The van der Waals surface area contributed by atoms with Crippen LogP contribution in [0.5, 0.6) is 0 Å². The molecular formula is C15H13N3O4. The lowest BCUT2D eigenvalue weighted by atomic mass is 9.93. The van der Waals surface area contributed by atoms with E-state index in [-0.39, 0.29) is 5.82 Å². The average molecular weight is 299 g/mol. The van der Waals surface area contributed by atoms with Crippen LogP contribution >= 0.6 is 0 Å². The van der Waals surface area contributed by atoms with Crippen molar-refractivity contribution >= 4 is 17.5 Å². The number of carboxylic acid groups (broad SMARTS) is 1. The van der Waals surface area contributed by atoms with E-state index in [1.54, 1.807) is 4.90 Å². The van der Waals surface area contributed by atoms with Crippen molar-refractivity contribution in [3.8, 4) is 0 Å².